The van der Waals surface area contributed by atoms with Gasteiger partial charge in [-0.1, -0.05) is 0 Å². The number of piperidine rings is 1. The van der Waals surface area contributed by atoms with Crippen LogP contribution in [-0.4, -0.2) is 27.5 Å². The lowest BCUT2D eigenvalue weighted by Crippen LogP contribution is -2.45. The summed E-state index contributed by atoms with van der Waals surface area (Å²) in [6.45, 7) is 1.34. The lowest BCUT2D eigenvalue weighted by atomic mass is 10.1. The number of rotatable bonds is 3. The Kier molecular flexibility index (Phi) is 4.54. The summed E-state index contributed by atoms with van der Waals surface area (Å²) in [5.74, 6) is -1.94. The Morgan fingerprint density at radius 2 is 2.11 bits per heavy atom. The Balaban J connectivity index is 2.29. The Labute approximate surface area is 118 Å². The van der Waals surface area contributed by atoms with E-state index in [1.165, 1.54) is 0 Å². The van der Waals surface area contributed by atoms with Crippen molar-refractivity contribution in [2.24, 2.45) is 0 Å². The number of sulfonamides is 1. The first-order chi connectivity index (χ1) is 8.90. The molecular weight excluding hydrogens is 342 g/mol. The minimum Gasteiger partial charge on any atom is -0.315 e. The van der Waals surface area contributed by atoms with Gasteiger partial charge < -0.3 is 5.32 Å². The maximum Gasteiger partial charge on any atom is 0.244 e. The highest BCUT2D eigenvalue weighted by molar-refractivity contribution is 9.10. The van der Waals surface area contributed by atoms with Crippen LogP contribution >= 0.6 is 15.9 Å². The zero-order valence-electron chi connectivity index (χ0n) is 9.92. The van der Waals surface area contributed by atoms with E-state index in [0.29, 0.717) is 19.0 Å². The molecule has 2 rings (SSSR count). The van der Waals surface area contributed by atoms with Gasteiger partial charge in [-0.2, -0.15) is 0 Å². The maximum atomic E-state index is 13.7. The Hall–Kier alpha value is -0.570. The molecule has 4 nitrogen and oxygen atoms in total. The van der Waals surface area contributed by atoms with Crippen molar-refractivity contribution in [3.05, 3.63) is 28.2 Å². The largest absolute Gasteiger partial charge is 0.315 e. The van der Waals surface area contributed by atoms with Gasteiger partial charge in [-0.25, -0.2) is 21.9 Å². The molecule has 0 radical (unpaired) electrons. The molecule has 1 fully saturated rings. The van der Waals surface area contributed by atoms with E-state index in [1.54, 1.807) is 0 Å². The molecule has 0 aliphatic carbocycles. The van der Waals surface area contributed by atoms with Crippen molar-refractivity contribution in [3.8, 4) is 0 Å². The average molecular weight is 355 g/mol. The molecule has 1 aromatic rings. The van der Waals surface area contributed by atoms with Crippen LogP contribution in [0, 0.1) is 11.6 Å². The molecule has 0 bridgehead atoms. The zero-order valence-corrected chi connectivity index (χ0v) is 12.3. The van der Waals surface area contributed by atoms with Gasteiger partial charge >= 0.3 is 0 Å². The molecule has 106 valence electrons. The van der Waals surface area contributed by atoms with E-state index in [9.17, 15) is 17.2 Å². The zero-order chi connectivity index (χ0) is 14.0. The van der Waals surface area contributed by atoms with Gasteiger partial charge in [0, 0.05) is 23.1 Å². The number of nitrogens with one attached hydrogen (secondary N) is 2. The molecule has 2 N–H and O–H groups in total. The number of hydrogen-bond donors (Lipinski definition) is 2. The van der Waals surface area contributed by atoms with Gasteiger partial charge in [0.05, 0.1) is 0 Å². The van der Waals surface area contributed by atoms with Crippen molar-refractivity contribution in [3.63, 3.8) is 0 Å². The molecule has 0 aromatic heterocycles. The molecule has 1 aromatic carbocycles. The first-order valence-corrected chi connectivity index (χ1v) is 8.05. The van der Waals surface area contributed by atoms with Crippen LogP contribution in [0.15, 0.2) is 21.5 Å². The van der Waals surface area contributed by atoms with Gasteiger partial charge in [-0.05, 0) is 41.4 Å². The first-order valence-electron chi connectivity index (χ1n) is 5.78. The summed E-state index contributed by atoms with van der Waals surface area (Å²) < 4.78 is 53.2. The second kappa shape index (κ2) is 5.82. The predicted molar refractivity (Wildman–Crippen MR) is 70.3 cm³/mol. The number of benzene rings is 1. The molecule has 1 heterocycles. The van der Waals surface area contributed by atoms with E-state index in [0.717, 1.165) is 19.0 Å². The first kappa shape index (κ1) is 14.8. The number of hydrogen-bond acceptors (Lipinski definition) is 3. The molecule has 1 aliphatic heterocycles. The van der Waals surface area contributed by atoms with Gasteiger partial charge in [0.15, 0.2) is 0 Å². The molecule has 0 spiro atoms. The summed E-state index contributed by atoms with van der Waals surface area (Å²) >= 11 is 2.88. The van der Waals surface area contributed by atoms with E-state index in [2.05, 4.69) is 26.0 Å². The highest BCUT2D eigenvalue weighted by Crippen LogP contribution is 2.26. The van der Waals surface area contributed by atoms with Crippen LogP contribution in [0.1, 0.15) is 12.8 Å². The molecular formula is C11H13BrF2N2O2S. The third-order valence-corrected chi connectivity index (χ3v) is 5.33. The predicted octanol–water partition coefficient (Wildman–Crippen LogP) is 1.76. The summed E-state index contributed by atoms with van der Waals surface area (Å²) in [5, 5.41) is 3.05. The van der Waals surface area contributed by atoms with Gasteiger partial charge in [-0.3, -0.25) is 0 Å². The van der Waals surface area contributed by atoms with Crippen molar-refractivity contribution >= 4 is 26.0 Å². The van der Waals surface area contributed by atoms with E-state index in [1.807, 2.05) is 0 Å². The van der Waals surface area contributed by atoms with Gasteiger partial charge in [-0.15, -0.1) is 0 Å². The fourth-order valence-corrected chi connectivity index (χ4v) is 4.45. The van der Waals surface area contributed by atoms with Crippen LogP contribution in [-0.2, 0) is 10.0 Å². The van der Waals surface area contributed by atoms with Gasteiger partial charge in [0.2, 0.25) is 10.0 Å². The quantitative estimate of drug-likeness (QED) is 0.869. The van der Waals surface area contributed by atoms with E-state index < -0.39 is 26.6 Å². The number of halogens is 3. The van der Waals surface area contributed by atoms with E-state index in [-0.39, 0.29) is 10.5 Å². The molecule has 0 unspecified atom stereocenters. The van der Waals surface area contributed by atoms with Gasteiger partial charge in [0.1, 0.15) is 16.5 Å². The average Bonchev–Trinajstić information content (AvgIpc) is 2.27. The molecule has 0 amide bonds. The summed E-state index contributed by atoms with van der Waals surface area (Å²) in [5.41, 5.74) is 0. The third kappa shape index (κ3) is 3.50. The molecule has 1 atom stereocenters. The van der Waals surface area contributed by atoms with Crippen LogP contribution in [0.4, 0.5) is 8.78 Å². The molecule has 8 heteroatoms. The second-order valence-electron chi connectivity index (χ2n) is 4.36. The maximum absolute atomic E-state index is 13.7. The Morgan fingerprint density at radius 3 is 2.68 bits per heavy atom. The van der Waals surface area contributed by atoms with Crippen molar-refractivity contribution < 1.29 is 17.2 Å². The molecule has 1 saturated heterocycles. The summed E-state index contributed by atoms with van der Waals surface area (Å²) in [4.78, 5) is -0.556. The summed E-state index contributed by atoms with van der Waals surface area (Å²) in [7, 11) is -4.02. The van der Waals surface area contributed by atoms with Crippen molar-refractivity contribution in [2.45, 2.75) is 23.8 Å². The Bertz CT molecular complexity index is 551. The van der Waals surface area contributed by atoms with Crippen molar-refractivity contribution in [1.29, 1.82) is 0 Å². The summed E-state index contributed by atoms with van der Waals surface area (Å²) in [6, 6.07) is 1.20. The second-order valence-corrected chi connectivity index (χ2v) is 6.87. The SMILES string of the molecule is O=S(=O)(N[C@@H]1CCCNC1)c1c(F)cc(F)cc1Br. The molecule has 0 saturated carbocycles. The van der Waals surface area contributed by atoms with E-state index >= 15 is 0 Å². The smallest absolute Gasteiger partial charge is 0.244 e. The third-order valence-electron chi connectivity index (χ3n) is 2.85. The molecule has 1 aliphatic rings. The van der Waals surface area contributed by atoms with Crippen LogP contribution < -0.4 is 10.0 Å². The standard InChI is InChI=1S/C11H13BrF2N2O2S/c12-9-4-7(13)5-10(14)11(9)19(17,18)16-8-2-1-3-15-6-8/h4-5,8,15-16H,1-3,6H2/t8-/m1/s1. The van der Waals surface area contributed by atoms with E-state index in [4.69, 9.17) is 0 Å². The monoisotopic (exact) mass is 354 g/mol. The van der Waals surface area contributed by atoms with Crippen LogP contribution in [0.25, 0.3) is 0 Å². The van der Waals surface area contributed by atoms with Crippen molar-refractivity contribution in [1.82, 2.24) is 10.0 Å². The minimum atomic E-state index is -4.02. The lowest BCUT2D eigenvalue weighted by Gasteiger charge is -2.24. The lowest BCUT2D eigenvalue weighted by molar-refractivity contribution is 0.427. The normalized spacial score (nSPS) is 20.5. The highest BCUT2D eigenvalue weighted by atomic mass is 79.9. The van der Waals surface area contributed by atoms with Crippen LogP contribution in [0.3, 0.4) is 0 Å². The summed E-state index contributed by atoms with van der Waals surface area (Å²) in [6.07, 6.45) is 1.53. The highest BCUT2D eigenvalue weighted by Gasteiger charge is 2.27. The van der Waals surface area contributed by atoms with Crippen LogP contribution in [0.2, 0.25) is 0 Å². The molecule has 19 heavy (non-hydrogen) atoms. The van der Waals surface area contributed by atoms with Crippen LogP contribution in [0.5, 0.6) is 0 Å². The Morgan fingerprint density at radius 1 is 1.37 bits per heavy atom. The fraction of sp³-hybridized carbons (Fsp3) is 0.455. The fourth-order valence-electron chi connectivity index (χ4n) is 2.02. The minimum absolute atomic E-state index is 0.124. The van der Waals surface area contributed by atoms with Crippen molar-refractivity contribution in [2.75, 3.05) is 13.1 Å². The topological polar surface area (TPSA) is 58.2 Å². The van der Waals surface area contributed by atoms with Gasteiger partial charge in [0.25, 0.3) is 0 Å².